The maximum atomic E-state index is 11.5. The molecule has 0 heterocycles. The first kappa shape index (κ1) is 14.7. The zero-order chi connectivity index (χ0) is 13.9. The summed E-state index contributed by atoms with van der Waals surface area (Å²) in [7, 11) is 1.69. The molecule has 0 aliphatic rings. The average molecular weight is 248 g/mol. The van der Waals surface area contributed by atoms with Crippen LogP contribution in [-0.2, 0) is 11.2 Å². The molecule has 1 aromatic carbocycles. The van der Waals surface area contributed by atoms with Crippen molar-refractivity contribution in [1.29, 1.82) is 0 Å². The first-order chi connectivity index (χ1) is 8.38. The van der Waals surface area contributed by atoms with E-state index in [1.165, 1.54) is 11.1 Å². The van der Waals surface area contributed by atoms with Crippen LogP contribution in [0.4, 0.5) is 0 Å². The van der Waals surface area contributed by atoms with Crippen molar-refractivity contribution < 1.29 is 9.53 Å². The molecule has 0 aromatic heterocycles. The molecule has 0 saturated heterocycles. The summed E-state index contributed by atoms with van der Waals surface area (Å²) in [5.41, 5.74) is 3.45. The smallest absolute Gasteiger partial charge is 0.134 e. The average Bonchev–Trinajstić information content (AvgIpc) is 2.26. The zero-order valence-electron chi connectivity index (χ0n) is 12.3. The molecule has 2 nitrogen and oxygen atoms in total. The molecule has 0 aliphatic carbocycles. The van der Waals surface area contributed by atoms with Crippen LogP contribution < -0.4 is 4.74 Å². The first-order valence-corrected chi connectivity index (χ1v) is 6.57. The highest BCUT2D eigenvalue weighted by Gasteiger charge is 2.18. The van der Waals surface area contributed by atoms with E-state index in [0.717, 1.165) is 11.3 Å². The third-order valence-electron chi connectivity index (χ3n) is 3.20. The molecule has 100 valence electrons. The maximum absolute atomic E-state index is 11.5. The van der Waals surface area contributed by atoms with Crippen LogP contribution in [0.2, 0.25) is 0 Å². The number of hydrogen-bond donors (Lipinski definition) is 0. The molecule has 0 atom stereocenters. The van der Waals surface area contributed by atoms with Gasteiger partial charge in [0.25, 0.3) is 0 Å². The summed E-state index contributed by atoms with van der Waals surface area (Å²) in [6, 6.07) is 4.27. The van der Waals surface area contributed by atoms with Crippen LogP contribution in [-0.4, -0.2) is 12.9 Å². The summed E-state index contributed by atoms with van der Waals surface area (Å²) in [5.74, 6) is 1.86. The second kappa shape index (κ2) is 6.03. The van der Waals surface area contributed by atoms with Crippen LogP contribution in [0.15, 0.2) is 12.1 Å². The van der Waals surface area contributed by atoms with Gasteiger partial charge in [-0.15, -0.1) is 0 Å². The lowest BCUT2D eigenvalue weighted by Gasteiger charge is -2.20. The van der Waals surface area contributed by atoms with Crippen molar-refractivity contribution in [1.82, 2.24) is 0 Å². The number of ether oxygens (including phenoxy) is 1. The molecule has 0 aliphatic heterocycles. The van der Waals surface area contributed by atoms with Crippen molar-refractivity contribution in [2.24, 2.45) is 0 Å². The quantitative estimate of drug-likeness (QED) is 0.785. The lowest BCUT2D eigenvalue weighted by Crippen LogP contribution is -2.08. The van der Waals surface area contributed by atoms with E-state index in [4.69, 9.17) is 4.74 Å². The summed E-state index contributed by atoms with van der Waals surface area (Å²) in [6.45, 7) is 10.2. The Labute approximate surface area is 110 Å². The summed E-state index contributed by atoms with van der Waals surface area (Å²) in [5, 5.41) is 0. The molecule has 1 rings (SSSR count). The second-order valence-electron chi connectivity index (χ2n) is 5.44. The standard InChI is InChI=1S/C16H24O2/c1-10(2)13-7-8-14(11(3)4)16(18-6)15(13)9-12(5)17/h7-8,10-11H,9H2,1-6H3. The summed E-state index contributed by atoms with van der Waals surface area (Å²) < 4.78 is 5.58. The third kappa shape index (κ3) is 3.12. The molecule has 0 spiro atoms. The number of methoxy groups -OCH3 is 1. The molecule has 0 fully saturated rings. The van der Waals surface area contributed by atoms with Gasteiger partial charge in [0.2, 0.25) is 0 Å². The molecule has 1 aromatic rings. The third-order valence-corrected chi connectivity index (χ3v) is 3.20. The van der Waals surface area contributed by atoms with Gasteiger partial charge in [0.15, 0.2) is 0 Å². The van der Waals surface area contributed by atoms with Crippen LogP contribution in [0.3, 0.4) is 0 Å². The molecule has 0 bridgehead atoms. The van der Waals surface area contributed by atoms with Gasteiger partial charge in [-0.3, -0.25) is 4.79 Å². The van der Waals surface area contributed by atoms with Crippen LogP contribution in [0, 0.1) is 0 Å². The molecule has 0 N–H and O–H groups in total. The summed E-state index contributed by atoms with van der Waals surface area (Å²) in [4.78, 5) is 11.5. The number of carbonyl (C=O) groups excluding carboxylic acids is 1. The number of ketones is 1. The van der Waals surface area contributed by atoms with E-state index in [2.05, 4.69) is 39.8 Å². The predicted octanol–water partition coefficient (Wildman–Crippen LogP) is 4.07. The van der Waals surface area contributed by atoms with Crippen molar-refractivity contribution in [3.63, 3.8) is 0 Å². The van der Waals surface area contributed by atoms with Crippen molar-refractivity contribution in [3.8, 4) is 5.75 Å². The van der Waals surface area contributed by atoms with Gasteiger partial charge in [0.1, 0.15) is 11.5 Å². The largest absolute Gasteiger partial charge is 0.496 e. The number of hydrogen-bond acceptors (Lipinski definition) is 2. The number of benzene rings is 1. The lowest BCUT2D eigenvalue weighted by molar-refractivity contribution is -0.116. The van der Waals surface area contributed by atoms with E-state index in [-0.39, 0.29) is 5.78 Å². The number of rotatable bonds is 5. The van der Waals surface area contributed by atoms with Gasteiger partial charge < -0.3 is 4.74 Å². The van der Waals surface area contributed by atoms with Crippen LogP contribution in [0.25, 0.3) is 0 Å². The van der Waals surface area contributed by atoms with Gasteiger partial charge in [-0.05, 0) is 29.9 Å². The maximum Gasteiger partial charge on any atom is 0.134 e. The van der Waals surface area contributed by atoms with Gasteiger partial charge in [-0.1, -0.05) is 39.8 Å². The Morgan fingerprint density at radius 3 is 2.00 bits per heavy atom. The topological polar surface area (TPSA) is 26.3 Å². The minimum absolute atomic E-state index is 0.177. The van der Waals surface area contributed by atoms with E-state index in [1.54, 1.807) is 14.0 Å². The molecule has 0 unspecified atom stereocenters. The van der Waals surface area contributed by atoms with Gasteiger partial charge >= 0.3 is 0 Å². The molecular weight excluding hydrogens is 224 g/mol. The number of carbonyl (C=O) groups is 1. The van der Waals surface area contributed by atoms with E-state index >= 15 is 0 Å². The van der Waals surface area contributed by atoms with Gasteiger partial charge in [-0.2, -0.15) is 0 Å². The monoisotopic (exact) mass is 248 g/mol. The lowest BCUT2D eigenvalue weighted by atomic mass is 9.88. The van der Waals surface area contributed by atoms with Crippen LogP contribution >= 0.6 is 0 Å². The zero-order valence-corrected chi connectivity index (χ0v) is 12.3. The summed E-state index contributed by atoms with van der Waals surface area (Å²) in [6.07, 6.45) is 0.456. The van der Waals surface area contributed by atoms with Gasteiger partial charge in [-0.25, -0.2) is 0 Å². The highest BCUT2D eigenvalue weighted by molar-refractivity contribution is 5.79. The molecule has 0 radical (unpaired) electrons. The van der Waals surface area contributed by atoms with E-state index in [0.29, 0.717) is 18.3 Å². The van der Waals surface area contributed by atoms with Crippen molar-refractivity contribution in [2.45, 2.75) is 52.9 Å². The van der Waals surface area contributed by atoms with E-state index in [1.807, 2.05) is 0 Å². The Morgan fingerprint density at radius 2 is 1.61 bits per heavy atom. The SMILES string of the molecule is COc1c(C(C)C)ccc(C(C)C)c1CC(C)=O. The van der Waals surface area contributed by atoms with Crippen molar-refractivity contribution in [2.75, 3.05) is 7.11 Å². The highest BCUT2D eigenvalue weighted by Crippen LogP contribution is 2.35. The molecule has 0 saturated carbocycles. The minimum Gasteiger partial charge on any atom is -0.496 e. The first-order valence-electron chi connectivity index (χ1n) is 6.57. The second-order valence-corrected chi connectivity index (χ2v) is 5.44. The number of Topliss-reactive ketones (excluding diaryl/α,β-unsaturated/α-hetero) is 1. The van der Waals surface area contributed by atoms with Gasteiger partial charge in [0, 0.05) is 12.0 Å². The van der Waals surface area contributed by atoms with E-state index in [9.17, 15) is 4.79 Å². The normalized spacial score (nSPS) is 11.1. The Morgan fingerprint density at radius 1 is 1.11 bits per heavy atom. The molecular formula is C16H24O2. The molecule has 0 amide bonds. The Bertz CT molecular complexity index is 431. The fourth-order valence-corrected chi connectivity index (χ4v) is 2.33. The van der Waals surface area contributed by atoms with E-state index < -0.39 is 0 Å². The highest BCUT2D eigenvalue weighted by atomic mass is 16.5. The molecule has 18 heavy (non-hydrogen) atoms. The van der Waals surface area contributed by atoms with Crippen LogP contribution in [0.1, 0.15) is 63.1 Å². The van der Waals surface area contributed by atoms with Crippen LogP contribution in [0.5, 0.6) is 5.75 Å². The molecule has 2 heteroatoms. The fraction of sp³-hybridized carbons (Fsp3) is 0.562. The Hall–Kier alpha value is -1.31. The van der Waals surface area contributed by atoms with Gasteiger partial charge in [0.05, 0.1) is 7.11 Å². The van der Waals surface area contributed by atoms with Crippen molar-refractivity contribution >= 4 is 5.78 Å². The minimum atomic E-state index is 0.177. The summed E-state index contributed by atoms with van der Waals surface area (Å²) >= 11 is 0. The fourth-order valence-electron chi connectivity index (χ4n) is 2.33. The van der Waals surface area contributed by atoms with Crippen molar-refractivity contribution in [3.05, 3.63) is 28.8 Å². The Kier molecular flexibility index (Phi) is 4.94. The predicted molar refractivity (Wildman–Crippen MR) is 75.6 cm³/mol. The Balaban J connectivity index is 3.45.